The minimum Gasteiger partial charge on any atom is -0.468 e. The lowest BCUT2D eigenvalue weighted by Gasteiger charge is -2.17. The molecule has 2 aromatic rings. The summed E-state index contributed by atoms with van der Waals surface area (Å²) in [6.07, 6.45) is 5.30. The summed E-state index contributed by atoms with van der Waals surface area (Å²) < 4.78 is 9.88. The molecule has 2 rings (SSSR count). The fraction of sp³-hybridized carbons (Fsp3) is 0.462. The summed E-state index contributed by atoms with van der Waals surface area (Å²) in [5.74, 6) is -0.462. The lowest BCUT2D eigenvalue weighted by Crippen LogP contribution is -2.40. The van der Waals surface area contributed by atoms with Crippen LogP contribution in [0.3, 0.4) is 0 Å². The van der Waals surface area contributed by atoms with Gasteiger partial charge in [0.1, 0.15) is 12.1 Å². The molecule has 0 fully saturated rings. The Balaban J connectivity index is 1.63. The van der Waals surface area contributed by atoms with Crippen molar-refractivity contribution in [1.82, 2.24) is 10.6 Å². The summed E-state index contributed by atoms with van der Waals surface area (Å²) in [6, 6.07) is 19.2. The van der Waals surface area contributed by atoms with Crippen LogP contribution in [-0.2, 0) is 31.9 Å². The Kier molecular flexibility index (Phi) is 12.1. The summed E-state index contributed by atoms with van der Waals surface area (Å²) in [5, 5.41) is 6.65. The van der Waals surface area contributed by atoms with E-state index >= 15 is 0 Å². The van der Waals surface area contributed by atoms with Crippen LogP contribution < -0.4 is 10.6 Å². The number of methoxy groups -OCH3 is 2. The predicted octanol–water partition coefficient (Wildman–Crippen LogP) is 3.29. The van der Waals surface area contributed by atoms with Gasteiger partial charge in [0.25, 0.3) is 0 Å². The molecular weight excluding hydrogens is 404 g/mol. The van der Waals surface area contributed by atoms with Gasteiger partial charge in [-0.15, -0.1) is 0 Å². The maximum absolute atomic E-state index is 12.1. The van der Waals surface area contributed by atoms with Gasteiger partial charge in [0.2, 0.25) is 0 Å². The molecule has 0 saturated carbocycles. The molecule has 6 nitrogen and oxygen atoms in total. The maximum Gasteiger partial charge on any atom is 0.323 e. The average Bonchev–Trinajstić information content (AvgIpc) is 2.84. The van der Waals surface area contributed by atoms with Crippen molar-refractivity contribution in [3.05, 3.63) is 71.8 Å². The van der Waals surface area contributed by atoms with E-state index in [1.807, 2.05) is 60.7 Å². The van der Waals surface area contributed by atoms with E-state index in [4.69, 9.17) is 9.47 Å². The third kappa shape index (κ3) is 9.62. The largest absolute Gasteiger partial charge is 0.468 e. The highest BCUT2D eigenvalue weighted by Crippen LogP contribution is 2.07. The summed E-state index contributed by atoms with van der Waals surface area (Å²) in [6.45, 7) is 1.53. The molecule has 32 heavy (non-hydrogen) atoms. The van der Waals surface area contributed by atoms with Crippen LogP contribution in [-0.4, -0.2) is 51.3 Å². The Bertz CT molecular complexity index is 715. The Morgan fingerprint density at radius 1 is 0.656 bits per heavy atom. The summed E-state index contributed by atoms with van der Waals surface area (Å²) in [4.78, 5) is 24.1. The molecule has 2 aromatic carbocycles. The normalized spacial score (nSPS) is 12.7. The lowest BCUT2D eigenvalue weighted by molar-refractivity contribution is -0.143. The molecular formula is C26H36N2O4. The Labute approximate surface area is 191 Å². The first-order valence-corrected chi connectivity index (χ1v) is 11.3. The minimum absolute atomic E-state index is 0.231. The highest BCUT2D eigenvalue weighted by molar-refractivity contribution is 5.76. The molecule has 0 spiro atoms. The number of carbonyl (C=O) groups is 2. The minimum atomic E-state index is -0.331. The monoisotopic (exact) mass is 440 g/mol. The number of rotatable bonds is 15. The van der Waals surface area contributed by atoms with Crippen molar-refractivity contribution in [1.29, 1.82) is 0 Å². The molecule has 2 N–H and O–H groups in total. The van der Waals surface area contributed by atoms with E-state index < -0.39 is 0 Å². The lowest BCUT2D eigenvalue weighted by atomic mass is 10.1. The predicted molar refractivity (Wildman–Crippen MR) is 126 cm³/mol. The summed E-state index contributed by atoms with van der Waals surface area (Å²) in [5.41, 5.74) is 2.22. The van der Waals surface area contributed by atoms with Gasteiger partial charge in [0.05, 0.1) is 14.2 Å². The number of unbranched alkanes of at least 4 members (excludes halogenated alkanes) is 3. The quantitative estimate of drug-likeness (QED) is 0.327. The van der Waals surface area contributed by atoms with Crippen molar-refractivity contribution in [3.63, 3.8) is 0 Å². The van der Waals surface area contributed by atoms with Crippen LogP contribution >= 0.6 is 0 Å². The van der Waals surface area contributed by atoms with Crippen molar-refractivity contribution in [3.8, 4) is 0 Å². The van der Waals surface area contributed by atoms with Gasteiger partial charge in [-0.1, -0.05) is 73.5 Å². The number of hydrogen-bond acceptors (Lipinski definition) is 6. The molecule has 174 valence electrons. The van der Waals surface area contributed by atoms with Crippen LogP contribution in [0.2, 0.25) is 0 Å². The Morgan fingerprint density at radius 3 is 1.38 bits per heavy atom. The van der Waals surface area contributed by atoms with E-state index in [2.05, 4.69) is 10.6 Å². The maximum atomic E-state index is 12.1. The highest BCUT2D eigenvalue weighted by Gasteiger charge is 2.19. The molecule has 0 aliphatic heterocycles. The molecule has 0 aliphatic carbocycles. The van der Waals surface area contributed by atoms with E-state index in [-0.39, 0.29) is 24.0 Å². The van der Waals surface area contributed by atoms with Gasteiger partial charge in [-0.2, -0.15) is 0 Å². The van der Waals surface area contributed by atoms with Gasteiger partial charge < -0.3 is 20.1 Å². The van der Waals surface area contributed by atoms with Gasteiger partial charge in [0.15, 0.2) is 0 Å². The van der Waals surface area contributed by atoms with E-state index in [9.17, 15) is 9.59 Å². The molecule has 0 saturated heterocycles. The molecule has 0 bridgehead atoms. The van der Waals surface area contributed by atoms with Gasteiger partial charge >= 0.3 is 11.9 Å². The fourth-order valence-corrected chi connectivity index (χ4v) is 3.62. The summed E-state index contributed by atoms with van der Waals surface area (Å²) >= 11 is 0. The van der Waals surface area contributed by atoms with E-state index in [0.717, 1.165) is 49.9 Å². The zero-order chi connectivity index (χ0) is 23.0. The molecule has 2 unspecified atom stereocenters. The van der Waals surface area contributed by atoms with Crippen molar-refractivity contribution in [2.45, 2.75) is 50.6 Å². The van der Waals surface area contributed by atoms with Gasteiger partial charge in [-0.3, -0.25) is 9.59 Å². The number of esters is 2. The number of hydrogen-bond donors (Lipinski definition) is 2. The fourth-order valence-electron chi connectivity index (χ4n) is 3.62. The topological polar surface area (TPSA) is 76.7 Å². The van der Waals surface area contributed by atoms with E-state index in [1.54, 1.807) is 0 Å². The first-order valence-electron chi connectivity index (χ1n) is 11.3. The molecule has 6 heteroatoms. The van der Waals surface area contributed by atoms with Crippen molar-refractivity contribution >= 4 is 11.9 Å². The van der Waals surface area contributed by atoms with E-state index in [0.29, 0.717) is 12.8 Å². The van der Waals surface area contributed by atoms with Crippen LogP contribution in [0.25, 0.3) is 0 Å². The first kappa shape index (κ1) is 25.6. The molecule has 0 amide bonds. The van der Waals surface area contributed by atoms with Crippen molar-refractivity contribution in [2.24, 2.45) is 0 Å². The van der Waals surface area contributed by atoms with Crippen molar-refractivity contribution < 1.29 is 19.1 Å². The zero-order valence-corrected chi connectivity index (χ0v) is 19.2. The second-order valence-electron chi connectivity index (χ2n) is 7.85. The molecule has 2 atom stereocenters. The smallest absolute Gasteiger partial charge is 0.323 e. The van der Waals surface area contributed by atoms with Gasteiger partial charge in [-0.25, -0.2) is 0 Å². The van der Waals surface area contributed by atoms with Crippen LogP contribution in [0.15, 0.2) is 60.7 Å². The van der Waals surface area contributed by atoms with Crippen LogP contribution in [0.5, 0.6) is 0 Å². The van der Waals surface area contributed by atoms with Crippen LogP contribution in [0, 0.1) is 0 Å². The number of benzene rings is 2. The second kappa shape index (κ2) is 15.2. The van der Waals surface area contributed by atoms with E-state index in [1.165, 1.54) is 14.2 Å². The number of ether oxygens (including phenoxy) is 2. The molecule has 0 aliphatic rings. The van der Waals surface area contributed by atoms with Crippen molar-refractivity contribution in [2.75, 3.05) is 27.3 Å². The average molecular weight is 441 g/mol. The Hall–Kier alpha value is -2.70. The van der Waals surface area contributed by atoms with Gasteiger partial charge in [0, 0.05) is 0 Å². The molecule has 0 aromatic heterocycles. The Morgan fingerprint density at radius 2 is 1.03 bits per heavy atom. The number of nitrogens with one attached hydrogen (secondary N) is 2. The third-order valence-corrected chi connectivity index (χ3v) is 5.42. The first-order chi connectivity index (χ1) is 15.6. The van der Waals surface area contributed by atoms with Crippen LogP contribution in [0.1, 0.15) is 36.8 Å². The third-order valence-electron chi connectivity index (χ3n) is 5.42. The standard InChI is InChI=1S/C26H36N2O4/c1-31-25(29)23(19-21-13-7-5-8-14-21)27-17-11-3-4-12-18-28-24(26(30)32-2)20-22-15-9-6-10-16-22/h5-10,13-16,23-24,27-28H,3-4,11-12,17-20H2,1-2H3. The molecule has 0 heterocycles. The summed E-state index contributed by atoms with van der Waals surface area (Å²) in [7, 11) is 2.85. The second-order valence-corrected chi connectivity index (χ2v) is 7.85. The van der Waals surface area contributed by atoms with Gasteiger partial charge in [-0.05, 0) is 49.9 Å². The number of carbonyl (C=O) groups excluding carboxylic acids is 2. The van der Waals surface area contributed by atoms with Crippen LogP contribution in [0.4, 0.5) is 0 Å². The highest BCUT2D eigenvalue weighted by atomic mass is 16.5. The SMILES string of the molecule is COC(=O)C(Cc1ccccc1)NCCCCCCNC(Cc1ccccc1)C(=O)OC. The zero-order valence-electron chi connectivity index (χ0n) is 19.2. The molecule has 0 radical (unpaired) electrons.